The van der Waals surface area contributed by atoms with Crippen LogP contribution in [0.1, 0.15) is 10.4 Å². The molecule has 2 amide bonds. The molecule has 0 saturated carbocycles. The first-order valence-corrected chi connectivity index (χ1v) is 7.74. The highest BCUT2D eigenvalue weighted by molar-refractivity contribution is 5.95. The van der Waals surface area contributed by atoms with E-state index in [1.54, 1.807) is 48.8 Å². The van der Waals surface area contributed by atoms with Gasteiger partial charge in [-0.2, -0.15) is 0 Å². The Balaban J connectivity index is 1.69. The first-order valence-electron chi connectivity index (χ1n) is 7.74. The van der Waals surface area contributed by atoms with Gasteiger partial charge >= 0.3 is 0 Å². The molecule has 3 rings (SSSR count). The summed E-state index contributed by atoms with van der Waals surface area (Å²) < 4.78 is 1.44. The molecular formula is C17H18N5O3. The number of nitrogens with two attached hydrogens (primary N) is 1. The second-order valence-electron chi connectivity index (χ2n) is 5.89. The summed E-state index contributed by atoms with van der Waals surface area (Å²) >= 11 is 0. The van der Waals surface area contributed by atoms with Crippen LogP contribution in [-0.2, 0) is 4.79 Å². The molecule has 0 bridgehead atoms. The summed E-state index contributed by atoms with van der Waals surface area (Å²) in [6.45, 7) is 0.518. The Kier molecular flexibility index (Phi) is 4.62. The van der Waals surface area contributed by atoms with Gasteiger partial charge in [-0.3, -0.25) is 28.8 Å². The van der Waals surface area contributed by atoms with E-state index >= 15 is 0 Å². The molecular weight excluding hydrogens is 322 g/mol. The minimum absolute atomic E-state index is 0.249. The van der Waals surface area contributed by atoms with Crippen LogP contribution in [0.4, 0.5) is 0 Å². The Labute approximate surface area is 144 Å². The molecule has 0 aliphatic carbocycles. The zero-order valence-corrected chi connectivity index (χ0v) is 13.6. The Hall–Kier alpha value is -3.00. The van der Waals surface area contributed by atoms with Gasteiger partial charge in [-0.1, -0.05) is 0 Å². The predicted molar refractivity (Wildman–Crippen MR) is 91.0 cm³/mol. The fourth-order valence-electron chi connectivity index (χ4n) is 2.84. The SMILES string of the molecule is CN1CC(NC(=O)c2ccc(-n3ccncc3=O)cc2)[CH]C1C(N)=O. The van der Waals surface area contributed by atoms with Crippen LogP contribution in [0.25, 0.3) is 5.69 Å². The van der Waals surface area contributed by atoms with Gasteiger partial charge in [0, 0.05) is 42.7 Å². The Bertz CT molecular complexity index is 846. The van der Waals surface area contributed by atoms with Gasteiger partial charge in [0.15, 0.2) is 0 Å². The van der Waals surface area contributed by atoms with Gasteiger partial charge in [0.05, 0.1) is 12.2 Å². The molecule has 2 aromatic rings. The molecule has 2 unspecified atom stereocenters. The van der Waals surface area contributed by atoms with Crippen LogP contribution in [0, 0.1) is 6.42 Å². The van der Waals surface area contributed by atoms with E-state index in [0.29, 0.717) is 17.8 Å². The lowest BCUT2D eigenvalue weighted by Crippen LogP contribution is -2.37. The number of likely N-dealkylation sites (tertiary alicyclic amines) is 1. The Morgan fingerprint density at radius 3 is 2.60 bits per heavy atom. The fraction of sp³-hybridized carbons (Fsp3) is 0.235. The zero-order chi connectivity index (χ0) is 18.0. The van der Waals surface area contributed by atoms with Crippen molar-refractivity contribution >= 4 is 11.8 Å². The molecule has 1 aliphatic rings. The lowest BCUT2D eigenvalue weighted by atomic mass is 10.1. The zero-order valence-electron chi connectivity index (χ0n) is 13.6. The number of hydrogen-bond donors (Lipinski definition) is 2. The van der Waals surface area contributed by atoms with E-state index in [2.05, 4.69) is 10.3 Å². The average molecular weight is 340 g/mol. The number of nitrogens with one attached hydrogen (secondary N) is 1. The van der Waals surface area contributed by atoms with Gasteiger partial charge in [0.1, 0.15) is 0 Å². The van der Waals surface area contributed by atoms with Crippen LogP contribution >= 0.6 is 0 Å². The number of carbonyl (C=O) groups is 2. The summed E-state index contributed by atoms with van der Waals surface area (Å²) in [5.74, 6) is -0.695. The van der Waals surface area contributed by atoms with Gasteiger partial charge < -0.3 is 11.1 Å². The minimum atomic E-state index is -0.480. The molecule has 1 aromatic heterocycles. The number of rotatable bonds is 4. The molecule has 1 aliphatic heterocycles. The summed E-state index contributed by atoms with van der Waals surface area (Å²) in [7, 11) is 1.78. The molecule has 2 atom stereocenters. The molecule has 3 N–H and O–H groups in total. The predicted octanol–water partition coefficient (Wildman–Crippen LogP) is -0.666. The molecule has 8 nitrogen and oxygen atoms in total. The van der Waals surface area contributed by atoms with Gasteiger partial charge in [-0.15, -0.1) is 0 Å². The van der Waals surface area contributed by atoms with Gasteiger partial charge in [-0.25, -0.2) is 0 Å². The Morgan fingerprint density at radius 1 is 1.28 bits per heavy atom. The van der Waals surface area contributed by atoms with Crippen LogP contribution in [0.3, 0.4) is 0 Å². The van der Waals surface area contributed by atoms with E-state index in [9.17, 15) is 14.4 Å². The van der Waals surface area contributed by atoms with Crippen molar-refractivity contribution in [2.45, 2.75) is 12.1 Å². The van der Waals surface area contributed by atoms with Gasteiger partial charge in [0.25, 0.3) is 11.5 Å². The monoisotopic (exact) mass is 340 g/mol. The van der Waals surface area contributed by atoms with E-state index in [4.69, 9.17) is 5.73 Å². The second kappa shape index (κ2) is 6.86. The first kappa shape index (κ1) is 16.8. The molecule has 25 heavy (non-hydrogen) atoms. The number of hydrogen-bond acceptors (Lipinski definition) is 5. The van der Waals surface area contributed by atoms with Crippen LogP contribution in [-0.4, -0.2) is 51.9 Å². The maximum absolute atomic E-state index is 12.4. The maximum Gasteiger partial charge on any atom is 0.273 e. The van der Waals surface area contributed by atoms with Crippen LogP contribution in [0.5, 0.6) is 0 Å². The number of likely N-dealkylation sites (N-methyl/N-ethyl adjacent to an activating group) is 1. The molecule has 1 radical (unpaired) electrons. The van der Waals surface area contributed by atoms with E-state index in [1.165, 1.54) is 17.0 Å². The van der Waals surface area contributed by atoms with Crippen molar-refractivity contribution in [3.63, 3.8) is 0 Å². The minimum Gasteiger partial charge on any atom is -0.368 e. The third-order valence-electron chi connectivity index (χ3n) is 4.11. The first-order chi connectivity index (χ1) is 12.0. The smallest absolute Gasteiger partial charge is 0.273 e. The number of carbonyl (C=O) groups excluding carboxylic acids is 2. The number of primary amides is 1. The number of benzene rings is 1. The molecule has 0 spiro atoms. The highest BCUT2D eigenvalue weighted by atomic mass is 16.2. The molecule has 1 aromatic carbocycles. The normalized spacial score (nSPS) is 20.4. The summed E-state index contributed by atoms with van der Waals surface area (Å²) in [6, 6.07) is 5.92. The van der Waals surface area contributed by atoms with E-state index in [0.717, 1.165) is 0 Å². The van der Waals surface area contributed by atoms with Crippen LogP contribution < -0.4 is 16.6 Å². The number of aromatic nitrogens is 2. The summed E-state index contributed by atoms with van der Waals surface area (Å²) in [4.78, 5) is 41.0. The molecule has 8 heteroatoms. The van der Waals surface area contributed by atoms with Crippen molar-refractivity contribution in [3.8, 4) is 5.69 Å². The maximum atomic E-state index is 12.4. The number of nitrogens with zero attached hydrogens (tertiary/aromatic N) is 3. The van der Waals surface area contributed by atoms with Crippen molar-refractivity contribution in [1.29, 1.82) is 0 Å². The van der Waals surface area contributed by atoms with E-state index < -0.39 is 11.9 Å². The fourth-order valence-corrected chi connectivity index (χ4v) is 2.84. The topological polar surface area (TPSA) is 110 Å². The van der Waals surface area contributed by atoms with E-state index in [-0.39, 0.29) is 17.5 Å². The van der Waals surface area contributed by atoms with Crippen molar-refractivity contribution in [3.05, 3.63) is 65.2 Å². The summed E-state index contributed by atoms with van der Waals surface area (Å²) in [6.07, 6.45) is 6.03. The molecule has 129 valence electrons. The van der Waals surface area contributed by atoms with Crippen LogP contribution in [0.15, 0.2) is 47.7 Å². The standard InChI is InChI=1S/C17H18N5O3/c1-21-10-12(8-14(21)16(18)24)20-17(25)11-2-4-13(5-3-11)22-7-6-19-9-15(22)23/h2-9,12,14H,10H2,1H3,(H2,18,24)(H,20,25). The quantitative estimate of drug-likeness (QED) is 0.767. The lowest BCUT2D eigenvalue weighted by molar-refractivity contribution is -0.121. The van der Waals surface area contributed by atoms with Crippen molar-refractivity contribution in [2.75, 3.05) is 13.6 Å². The largest absolute Gasteiger partial charge is 0.368 e. The summed E-state index contributed by atoms with van der Waals surface area (Å²) in [5, 5.41) is 2.86. The second-order valence-corrected chi connectivity index (χ2v) is 5.89. The Morgan fingerprint density at radius 2 is 2.00 bits per heavy atom. The van der Waals surface area contributed by atoms with E-state index in [1.807, 2.05) is 0 Å². The highest BCUT2D eigenvalue weighted by Gasteiger charge is 2.34. The molecule has 1 saturated heterocycles. The van der Waals surface area contributed by atoms with Gasteiger partial charge in [-0.05, 0) is 31.3 Å². The van der Waals surface area contributed by atoms with Gasteiger partial charge in [0.2, 0.25) is 5.91 Å². The third kappa shape index (κ3) is 3.58. The third-order valence-corrected chi connectivity index (χ3v) is 4.11. The molecule has 1 fully saturated rings. The highest BCUT2D eigenvalue weighted by Crippen LogP contribution is 2.15. The van der Waals surface area contributed by atoms with Crippen molar-refractivity contribution in [1.82, 2.24) is 19.8 Å². The number of amides is 2. The van der Waals surface area contributed by atoms with Crippen molar-refractivity contribution < 1.29 is 9.59 Å². The van der Waals surface area contributed by atoms with Crippen LogP contribution in [0.2, 0.25) is 0 Å². The van der Waals surface area contributed by atoms with Crippen molar-refractivity contribution in [2.24, 2.45) is 5.73 Å². The summed E-state index contributed by atoms with van der Waals surface area (Å²) in [5.41, 5.74) is 6.18. The lowest BCUT2D eigenvalue weighted by Gasteiger charge is -2.14. The molecule has 2 heterocycles. The average Bonchev–Trinajstić information content (AvgIpc) is 2.96.